The van der Waals surface area contributed by atoms with Crippen molar-refractivity contribution in [2.24, 2.45) is 0 Å². The van der Waals surface area contributed by atoms with Crippen molar-refractivity contribution in [3.63, 3.8) is 0 Å². The van der Waals surface area contributed by atoms with E-state index in [-0.39, 0.29) is 11.6 Å². The highest BCUT2D eigenvalue weighted by Crippen LogP contribution is 2.51. The largest absolute Gasteiger partial charge is 0.484 e. The van der Waals surface area contributed by atoms with E-state index < -0.39 is 5.60 Å². The molecule has 8 nitrogen and oxygen atoms in total. The van der Waals surface area contributed by atoms with Gasteiger partial charge in [-0.15, -0.1) is 5.10 Å². The van der Waals surface area contributed by atoms with E-state index in [1.807, 2.05) is 36.1 Å². The van der Waals surface area contributed by atoms with Crippen LogP contribution in [0.15, 0.2) is 30.6 Å². The van der Waals surface area contributed by atoms with Crippen molar-refractivity contribution in [1.29, 1.82) is 5.26 Å². The molecule has 1 aliphatic carbocycles. The summed E-state index contributed by atoms with van der Waals surface area (Å²) in [6.07, 6.45) is 6.76. The van der Waals surface area contributed by atoms with E-state index >= 15 is 0 Å². The topological polar surface area (TPSA) is 95.1 Å². The molecule has 1 saturated carbocycles. The molecule has 2 fully saturated rings. The third-order valence-electron chi connectivity index (χ3n) is 6.95. The average molecular weight is 417 g/mol. The number of hydrogen-bond acceptors (Lipinski definition) is 7. The summed E-state index contributed by atoms with van der Waals surface area (Å²) in [4.78, 5) is 4.56. The number of hydrogen-bond donors (Lipinski definition) is 0. The van der Waals surface area contributed by atoms with Gasteiger partial charge >= 0.3 is 0 Å². The predicted molar refractivity (Wildman–Crippen MR) is 110 cm³/mol. The number of rotatable bonds is 4. The molecule has 0 N–H and O–H groups in total. The number of nitriles is 1. The van der Waals surface area contributed by atoms with Gasteiger partial charge in [-0.05, 0) is 55.5 Å². The lowest BCUT2D eigenvalue weighted by Gasteiger charge is -2.25. The van der Waals surface area contributed by atoms with Gasteiger partial charge in [-0.25, -0.2) is 4.68 Å². The van der Waals surface area contributed by atoms with Gasteiger partial charge in [0.15, 0.2) is 5.60 Å². The standard InChI is InChI=1S/C23H23N5O3/c1-15(21-10-28(27-26-21)22-5-6-23(12-22,13-24)30-14-22)31-17-2-3-20-19(8-17)18-4-7-29-11-16(18)9-25-20/h2-3,8-10,15H,4-7,11-12,14H2,1H3/t15-,22?,23?/m1/s1. The molecule has 3 aromatic rings. The van der Waals surface area contributed by atoms with Gasteiger partial charge in [0, 0.05) is 18.0 Å². The third kappa shape index (κ3) is 2.92. The van der Waals surface area contributed by atoms with E-state index in [4.69, 9.17) is 14.2 Å². The first-order valence-electron chi connectivity index (χ1n) is 10.7. The molecule has 2 aromatic heterocycles. The summed E-state index contributed by atoms with van der Waals surface area (Å²) in [5.74, 6) is 0.781. The first kappa shape index (κ1) is 18.7. The number of fused-ring (bicyclic) bond motifs is 5. The first-order valence-corrected chi connectivity index (χ1v) is 10.7. The molecule has 31 heavy (non-hydrogen) atoms. The summed E-state index contributed by atoms with van der Waals surface area (Å²) in [6, 6.07) is 8.35. The minimum absolute atomic E-state index is 0.261. The second kappa shape index (κ2) is 6.74. The lowest BCUT2D eigenvalue weighted by molar-refractivity contribution is 0.00866. The molecule has 0 radical (unpaired) electrons. The number of ether oxygens (including phenoxy) is 3. The molecule has 4 heterocycles. The van der Waals surface area contributed by atoms with E-state index in [1.165, 1.54) is 5.56 Å². The minimum Gasteiger partial charge on any atom is -0.484 e. The Morgan fingerprint density at radius 1 is 1.32 bits per heavy atom. The zero-order valence-electron chi connectivity index (χ0n) is 17.4. The van der Waals surface area contributed by atoms with Gasteiger partial charge in [-0.2, -0.15) is 5.26 Å². The number of aromatic nitrogens is 4. The molecule has 2 aliphatic heterocycles. The van der Waals surface area contributed by atoms with Crippen LogP contribution in [0, 0.1) is 11.3 Å². The maximum absolute atomic E-state index is 9.46. The molecule has 0 spiro atoms. The van der Waals surface area contributed by atoms with Crippen LogP contribution >= 0.6 is 0 Å². The SMILES string of the molecule is C[C@@H](Oc1ccc2ncc3c(c2c1)CCOC3)c1cn(C23CCC(C#N)(C2)OC3)nn1. The molecule has 3 aliphatic rings. The van der Waals surface area contributed by atoms with Crippen molar-refractivity contribution in [2.75, 3.05) is 13.2 Å². The average Bonchev–Trinajstić information content (AvgIpc) is 3.54. The van der Waals surface area contributed by atoms with E-state index in [2.05, 4.69) is 27.4 Å². The van der Waals surface area contributed by atoms with Crippen molar-refractivity contribution in [2.45, 2.75) is 56.5 Å². The maximum Gasteiger partial charge on any atom is 0.156 e. The zero-order chi connectivity index (χ0) is 21.1. The summed E-state index contributed by atoms with van der Waals surface area (Å²) in [5, 5.41) is 19.3. The van der Waals surface area contributed by atoms with Gasteiger partial charge in [-0.1, -0.05) is 5.21 Å². The Balaban J connectivity index is 1.25. The highest BCUT2D eigenvalue weighted by molar-refractivity contribution is 5.84. The summed E-state index contributed by atoms with van der Waals surface area (Å²) in [7, 11) is 0. The Morgan fingerprint density at radius 3 is 3.06 bits per heavy atom. The van der Waals surface area contributed by atoms with Crippen LogP contribution in [-0.2, 0) is 28.0 Å². The van der Waals surface area contributed by atoms with Crippen molar-refractivity contribution in [3.05, 3.63) is 47.4 Å². The van der Waals surface area contributed by atoms with Crippen molar-refractivity contribution >= 4 is 10.9 Å². The van der Waals surface area contributed by atoms with E-state index in [9.17, 15) is 5.26 Å². The summed E-state index contributed by atoms with van der Waals surface area (Å²) in [6.45, 7) is 3.82. The molecule has 6 rings (SSSR count). The molecule has 158 valence electrons. The summed E-state index contributed by atoms with van der Waals surface area (Å²) < 4.78 is 19.5. The number of nitrogens with zero attached hydrogens (tertiary/aromatic N) is 5. The van der Waals surface area contributed by atoms with Crippen LogP contribution in [0.3, 0.4) is 0 Å². The van der Waals surface area contributed by atoms with Crippen LogP contribution in [0.5, 0.6) is 5.75 Å². The van der Waals surface area contributed by atoms with E-state index in [1.54, 1.807) is 0 Å². The fourth-order valence-electron chi connectivity index (χ4n) is 5.13. The Kier molecular flexibility index (Phi) is 4.07. The molecule has 3 atom stereocenters. The minimum atomic E-state index is -0.655. The highest BCUT2D eigenvalue weighted by Gasteiger charge is 2.58. The normalized spacial score (nSPS) is 27.7. The fraction of sp³-hybridized carbons (Fsp3) is 0.478. The van der Waals surface area contributed by atoms with Gasteiger partial charge in [0.2, 0.25) is 0 Å². The highest BCUT2D eigenvalue weighted by atomic mass is 16.5. The van der Waals surface area contributed by atoms with Crippen LogP contribution in [0.25, 0.3) is 10.9 Å². The molecular formula is C23H23N5O3. The molecule has 2 bridgehead atoms. The van der Waals surface area contributed by atoms with Gasteiger partial charge in [0.05, 0.1) is 43.1 Å². The lowest BCUT2D eigenvalue weighted by atomic mass is 9.99. The second-order valence-corrected chi connectivity index (χ2v) is 8.89. The molecule has 8 heteroatoms. The quantitative estimate of drug-likeness (QED) is 0.643. The van der Waals surface area contributed by atoms with Gasteiger partial charge in [0.25, 0.3) is 0 Å². The van der Waals surface area contributed by atoms with Gasteiger partial charge in [0.1, 0.15) is 17.5 Å². The van der Waals surface area contributed by atoms with Crippen LogP contribution < -0.4 is 4.74 Å². The van der Waals surface area contributed by atoms with Crippen LogP contribution in [0.1, 0.15) is 49.1 Å². The number of pyridine rings is 1. The summed E-state index contributed by atoms with van der Waals surface area (Å²) >= 11 is 0. The van der Waals surface area contributed by atoms with Crippen LogP contribution in [0.4, 0.5) is 0 Å². The summed E-state index contributed by atoms with van der Waals surface area (Å²) in [5.41, 5.74) is 3.25. The fourth-order valence-corrected chi connectivity index (χ4v) is 5.13. The lowest BCUT2D eigenvalue weighted by Crippen LogP contribution is -2.33. The molecule has 2 unspecified atom stereocenters. The first-order chi connectivity index (χ1) is 15.1. The zero-order valence-corrected chi connectivity index (χ0v) is 17.4. The predicted octanol–water partition coefficient (Wildman–Crippen LogP) is 3.21. The molecular weight excluding hydrogens is 394 g/mol. The molecule has 1 saturated heterocycles. The smallest absolute Gasteiger partial charge is 0.156 e. The van der Waals surface area contributed by atoms with Gasteiger partial charge in [-0.3, -0.25) is 4.98 Å². The van der Waals surface area contributed by atoms with E-state index in [0.29, 0.717) is 19.6 Å². The second-order valence-electron chi connectivity index (χ2n) is 8.89. The Labute approximate surface area is 179 Å². The van der Waals surface area contributed by atoms with Crippen molar-refractivity contribution in [3.8, 4) is 11.8 Å². The Hall–Kier alpha value is -3.02. The maximum atomic E-state index is 9.46. The van der Waals surface area contributed by atoms with Gasteiger partial charge < -0.3 is 14.2 Å². The van der Waals surface area contributed by atoms with Crippen molar-refractivity contribution in [1.82, 2.24) is 20.0 Å². The van der Waals surface area contributed by atoms with Crippen molar-refractivity contribution < 1.29 is 14.2 Å². The third-order valence-corrected chi connectivity index (χ3v) is 6.95. The molecule has 1 aromatic carbocycles. The van der Waals surface area contributed by atoms with Crippen LogP contribution in [-0.4, -0.2) is 38.8 Å². The Morgan fingerprint density at radius 2 is 2.26 bits per heavy atom. The number of benzene rings is 1. The van der Waals surface area contributed by atoms with Crippen LogP contribution in [0.2, 0.25) is 0 Å². The monoisotopic (exact) mass is 417 g/mol. The Bertz CT molecular complexity index is 1210. The molecule has 0 amide bonds. The van der Waals surface area contributed by atoms with E-state index in [0.717, 1.165) is 53.8 Å².